The normalized spacial score (nSPS) is 19.0. The number of unbranched alkanes of at least 4 members (excludes halogenated alkanes) is 1. The van der Waals surface area contributed by atoms with Crippen LogP contribution in [0.1, 0.15) is 43.2 Å². The van der Waals surface area contributed by atoms with Crippen LogP contribution in [0.2, 0.25) is 0 Å². The fourth-order valence-corrected chi connectivity index (χ4v) is 5.13. The first-order chi connectivity index (χ1) is 14.6. The summed E-state index contributed by atoms with van der Waals surface area (Å²) >= 11 is 1.52. The highest BCUT2D eigenvalue weighted by Gasteiger charge is 2.38. The molecule has 0 aliphatic carbocycles. The average Bonchev–Trinajstić information content (AvgIpc) is 2.78. The number of benzene rings is 2. The van der Waals surface area contributed by atoms with E-state index in [1.54, 1.807) is 17.0 Å². The van der Waals surface area contributed by atoms with Crippen molar-refractivity contribution in [1.29, 1.82) is 5.26 Å². The van der Waals surface area contributed by atoms with Crippen LogP contribution >= 0.6 is 11.8 Å². The summed E-state index contributed by atoms with van der Waals surface area (Å²) in [6.45, 7) is 2.63. The van der Waals surface area contributed by atoms with E-state index in [1.165, 1.54) is 42.3 Å². The molecular formula is C24H24FN3OS. The van der Waals surface area contributed by atoms with Crippen molar-refractivity contribution in [3.05, 3.63) is 76.1 Å². The molecule has 6 heteroatoms. The zero-order chi connectivity index (χ0) is 21.1. The Labute approximate surface area is 181 Å². The zero-order valence-corrected chi connectivity index (χ0v) is 17.8. The molecule has 2 aliphatic heterocycles. The first kappa shape index (κ1) is 20.5. The van der Waals surface area contributed by atoms with Crippen LogP contribution in [0.4, 0.5) is 10.1 Å². The predicted molar refractivity (Wildman–Crippen MR) is 118 cm³/mol. The Hall–Kier alpha value is -2.78. The first-order valence-electron chi connectivity index (χ1n) is 10.3. The maximum atomic E-state index is 13.3. The number of rotatable bonds is 5. The van der Waals surface area contributed by atoms with Crippen molar-refractivity contribution in [2.24, 2.45) is 0 Å². The maximum absolute atomic E-state index is 13.3. The summed E-state index contributed by atoms with van der Waals surface area (Å²) in [5, 5.41) is 10.6. The number of hydrogen-bond acceptors (Lipinski definition) is 4. The van der Waals surface area contributed by atoms with Gasteiger partial charge in [-0.25, -0.2) is 4.39 Å². The molecule has 2 heterocycles. The molecule has 2 aromatic rings. The molecule has 1 amide bonds. The molecule has 0 unspecified atom stereocenters. The van der Waals surface area contributed by atoms with Gasteiger partial charge in [0.2, 0.25) is 5.91 Å². The quantitative estimate of drug-likeness (QED) is 0.650. The number of allylic oxidation sites excluding steroid dienone is 1. The minimum atomic E-state index is -0.322. The molecule has 0 N–H and O–H groups in total. The van der Waals surface area contributed by atoms with Gasteiger partial charge in [-0.3, -0.25) is 9.69 Å². The van der Waals surface area contributed by atoms with Gasteiger partial charge >= 0.3 is 0 Å². The molecule has 4 rings (SSSR count). The second-order valence-electron chi connectivity index (χ2n) is 7.69. The summed E-state index contributed by atoms with van der Waals surface area (Å²) in [4.78, 5) is 16.8. The molecule has 1 atom stereocenters. The number of nitrogens with zero attached hydrogens (tertiary/aromatic N) is 3. The van der Waals surface area contributed by atoms with Gasteiger partial charge in [-0.15, -0.1) is 0 Å². The Kier molecular flexibility index (Phi) is 6.10. The van der Waals surface area contributed by atoms with Gasteiger partial charge in [0, 0.05) is 18.0 Å². The van der Waals surface area contributed by atoms with Gasteiger partial charge in [0.25, 0.3) is 0 Å². The van der Waals surface area contributed by atoms with Gasteiger partial charge in [-0.2, -0.15) is 5.26 Å². The van der Waals surface area contributed by atoms with E-state index >= 15 is 0 Å². The largest absolute Gasteiger partial charge is 0.344 e. The topological polar surface area (TPSA) is 47.3 Å². The van der Waals surface area contributed by atoms with E-state index in [2.05, 4.69) is 42.2 Å². The second kappa shape index (κ2) is 8.93. The Balaban J connectivity index is 1.56. The van der Waals surface area contributed by atoms with Crippen LogP contribution in [0.15, 0.2) is 59.1 Å². The number of fused-ring (bicyclic) bond motifs is 1. The molecule has 2 aromatic carbocycles. The molecular weight excluding hydrogens is 397 g/mol. The third kappa shape index (κ3) is 4.08. The van der Waals surface area contributed by atoms with Crippen molar-refractivity contribution < 1.29 is 9.18 Å². The van der Waals surface area contributed by atoms with Crippen LogP contribution in [0.3, 0.4) is 0 Å². The Morgan fingerprint density at radius 1 is 1.17 bits per heavy atom. The van der Waals surface area contributed by atoms with E-state index in [0.717, 1.165) is 22.7 Å². The number of aryl methyl sites for hydroxylation is 1. The van der Waals surface area contributed by atoms with Gasteiger partial charge in [0.05, 0.1) is 29.2 Å². The lowest BCUT2D eigenvalue weighted by Gasteiger charge is -2.42. The van der Waals surface area contributed by atoms with E-state index in [0.29, 0.717) is 18.1 Å². The Bertz CT molecular complexity index is 995. The third-order valence-electron chi connectivity index (χ3n) is 5.69. The molecule has 0 bridgehead atoms. The minimum Gasteiger partial charge on any atom is -0.344 e. The first-order valence-corrected chi connectivity index (χ1v) is 11.3. The summed E-state index contributed by atoms with van der Waals surface area (Å²) in [5.41, 5.74) is 3.81. The molecule has 1 fully saturated rings. The predicted octanol–water partition coefficient (Wildman–Crippen LogP) is 5.39. The van der Waals surface area contributed by atoms with E-state index in [1.807, 2.05) is 0 Å². The van der Waals surface area contributed by atoms with Gasteiger partial charge in [-0.1, -0.05) is 49.4 Å². The Morgan fingerprint density at radius 3 is 2.57 bits per heavy atom. The maximum Gasteiger partial charge on any atom is 0.229 e. The van der Waals surface area contributed by atoms with Crippen molar-refractivity contribution in [1.82, 2.24) is 4.90 Å². The fourth-order valence-electron chi connectivity index (χ4n) is 3.96. The summed E-state index contributed by atoms with van der Waals surface area (Å²) in [6, 6.07) is 17.0. The lowest BCUT2D eigenvalue weighted by Crippen LogP contribution is -2.47. The molecule has 0 radical (unpaired) electrons. The molecule has 1 saturated heterocycles. The Morgan fingerprint density at radius 2 is 1.90 bits per heavy atom. The third-order valence-corrected chi connectivity index (χ3v) is 6.84. The number of anilines is 1. The van der Waals surface area contributed by atoms with E-state index in [4.69, 9.17) is 0 Å². The van der Waals surface area contributed by atoms with Crippen LogP contribution in [0.25, 0.3) is 0 Å². The van der Waals surface area contributed by atoms with Gasteiger partial charge in [0.1, 0.15) is 5.82 Å². The monoisotopic (exact) mass is 421 g/mol. The van der Waals surface area contributed by atoms with Crippen LogP contribution in [0.5, 0.6) is 0 Å². The summed E-state index contributed by atoms with van der Waals surface area (Å²) in [7, 11) is 0. The number of nitriles is 1. The molecule has 0 saturated carbocycles. The number of carbonyl (C=O) groups excluding carboxylic acids is 1. The minimum absolute atomic E-state index is 0.00455. The molecule has 30 heavy (non-hydrogen) atoms. The number of amides is 1. The van der Waals surface area contributed by atoms with Gasteiger partial charge in [-0.05, 0) is 48.2 Å². The van der Waals surface area contributed by atoms with Gasteiger partial charge < -0.3 is 4.90 Å². The highest BCUT2D eigenvalue weighted by atomic mass is 32.2. The van der Waals surface area contributed by atoms with E-state index < -0.39 is 0 Å². The molecule has 4 nitrogen and oxygen atoms in total. The SMILES string of the molecule is CCCCc1ccc(N2CSC3=C(C#N)[C@H](c4ccc(F)cc4)CC(=O)N3C2)cc1. The van der Waals surface area contributed by atoms with Crippen molar-refractivity contribution in [3.63, 3.8) is 0 Å². The molecule has 0 aromatic heterocycles. The molecule has 0 spiro atoms. The van der Waals surface area contributed by atoms with Crippen molar-refractivity contribution in [3.8, 4) is 6.07 Å². The highest BCUT2D eigenvalue weighted by Crippen LogP contribution is 2.43. The summed E-state index contributed by atoms with van der Waals surface area (Å²) < 4.78 is 13.3. The van der Waals surface area contributed by atoms with Crippen molar-refractivity contribution in [2.75, 3.05) is 17.4 Å². The van der Waals surface area contributed by atoms with Crippen LogP contribution < -0.4 is 4.90 Å². The second-order valence-corrected chi connectivity index (χ2v) is 8.62. The highest BCUT2D eigenvalue weighted by molar-refractivity contribution is 8.03. The summed E-state index contributed by atoms with van der Waals surface area (Å²) in [6.07, 6.45) is 3.67. The standard InChI is InChI=1S/C24H24FN3OS/c1-2-3-4-17-5-11-20(12-6-17)27-15-28-23(29)13-21(18-7-9-19(25)10-8-18)22(14-26)24(28)30-16-27/h5-12,21H,2-4,13,15-16H2,1H3/t21-/m0/s1. The van der Waals surface area contributed by atoms with Crippen LogP contribution in [0, 0.1) is 17.1 Å². The van der Waals surface area contributed by atoms with Crippen LogP contribution in [-0.4, -0.2) is 23.4 Å². The number of hydrogen-bond donors (Lipinski definition) is 0. The lowest BCUT2D eigenvalue weighted by atomic mass is 9.86. The van der Waals surface area contributed by atoms with Crippen molar-refractivity contribution in [2.45, 2.75) is 38.5 Å². The molecule has 2 aliphatic rings. The fraction of sp³-hybridized carbons (Fsp3) is 0.333. The average molecular weight is 422 g/mol. The molecule has 154 valence electrons. The van der Waals surface area contributed by atoms with E-state index in [-0.39, 0.29) is 24.1 Å². The van der Waals surface area contributed by atoms with Crippen molar-refractivity contribution >= 4 is 23.4 Å². The smallest absolute Gasteiger partial charge is 0.229 e. The van der Waals surface area contributed by atoms with Crippen LogP contribution in [-0.2, 0) is 11.2 Å². The zero-order valence-electron chi connectivity index (χ0n) is 17.0. The van der Waals surface area contributed by atoms with Gasteiger partial charge in [0.15, 0.2) is 0 Å². The number of carbonyl (C=O) groups is 1. The number of thioether (sulfide) groups is 1. The number of halogens is 1. The summed E-state index contributed by atoms with van der Waals surface area (Å²) in [5.74, 6) is 0.0350. The van der Waals surface area contributed by atoms with E-state index in [9.17, 15) is 14.4 Å². The lowest BCUT2D eigenvalue weighted by molar-refractivity contribution is -0.129.